The Labute approximate surface area is 207 Å². The molecule has 0 amide bonds. The van der Waals surface area contributed by atoms with Gasteiger partial charge in [0.1, 0.15) is 28.9 Å². The first kappa shape index (κ1) is 24.4. The second-order valence-electron chi connectivity index (χ2n) is 8.60. The predicted molar refractivity (Wildman–Crippen MR) is 138 cm³/mol. The van der Waals surface area contributed by atoms with Crippen molar-refractivity contribution in [1.29, 1.82) is 5.26 Å². The van der Waals surface area contributed by atoms with Gasteiger partial charge in [0.05, 0.1) is 19.1 Å². The molecule has 4 rings (SSSR count). The van der Waals surface area contributed by atoms with Crippen molar-refractivity contribution in [2.45, 2.75) is 33.1 Å². The Bertz CT molecular complexity index is 1210. The molecule has 0 saturated carbocycles. The van der Waals surface area contributed by atoms with Crippen LogP contribution in [0.2, 0.25) is 0 Å². The van der Waals surface area contributed by atoms with Crippen LogP contribution in [0.4, 0.5) is 0 Å². The van der Waals surface area contributed by atoms with E-state index in [0.717, 1.165) is 59.0 Å². The number of allylic oxidation sites excluding steroid dienone is 1. The molecule has 2 aromatic carbocycles. The number of nitrogens with two attached hydrogens (primary N) is 1. The van der Waals surface area contributed by atoms with Gasteiger partial charge in [-0.25, -0.2) is 0 Å². The van der Waals surface area contributed by atoms with Crippen LogP contribution in [0.1, 0.15) is 44.2 Å². The van der Waals surface area contributed by atoms with E-state index in [0.29, 0.717) is 25.3 Å². The molecule has 1 unspecified atom stereocenters. The van der Waals surface area contributed by atoms with Crippen LogP contribution in [0.25, 0.3) is 6.08 Å². The van der Waals surface area contributed by atoms with Crippen LogP contribution in [0.15, 0.2) is 76.9 Å². The number of hydrogen-bond acceptors (Lipinski definition) is 6. The van der Waals surface area contributed by atoms with Gasteiger partial charge >= 0.3 is 0 Å². The number of hydrogen-bond donors (Lipinski definition) is 1. The lowest BCUT2D eigenvalue weighted by Crippen LogP contribution is -2.38. The maximum Gasteiger partial charge on any atom is 0.205 e. The van der Waals surface area contributed by atoms with E-state index in [-0.39, 0.29) is 11.8 Å². The fourth-order valence-electron chi connectivity index (χ4n) is 4.85. The lowest BCUT2D eigenvalue weighted by atomic mass is 9.79. The van der Waals surface area contributed by atoms with E-state index in [2.05, 4.69) is 24.0 Å². The summed E-state index contributed by atoms with van der Waals surface area (Å²) in [5, 5.41) is 10.1. The third-order valence-corrected chi connectivity index (χ3v) is 6.22. The molecule has 6 nitrogen and oxygen atoms in total. The number of benzene rings is 2. The molecule has 0 radical (unpaired) electrons. The topological polar surface area (TPSA) is 80.7 Å². The molecule has 0 saturated heterocycles. The van der Waals surface area contributed by atoms with Crippen molar-refractivity contribution in [1.82, 2.24) is 4.90 Å². The zero-order valence-corrected chi connectivity index (χ0v) is 20.7. The first-order valence-corrected chi connectivity index (χ1v) is 12.3. The Balaban J connectivity index is 1.90. The molecule has 1 atom stereocenters. The summed E-state index contributed by atoms with van der Waals surface area (Å²) in [6.07, 6.45) is 3.15. The van der Waals surface area contributed by atoms with E-state index in [1.54, 1.807) is 0 Å². The molecule has 2 aliphatic rings. The Hall–Kier alpha value is -3.69. The van der Waals surface area contributed by atoms with Gasteiger partial charge in [-0.3, -0.25) is 4.90 Å². The van der Waals surface area contributed by atoms with E-state index in [4.69, 9.17) is 19.9 Å². The van der Waals surface area contributed by atoms with E-state index in [1.165, 1.54) is 0 Å². The summed E-state index contributed by atoms with van der Waals surface area (Å²) >= 11 is 0. The maximum absolute atomic E-state index is 10.1. The molecule has 0 aliphatic carbocycles. The fourth-order valence-corrected chi connectivity index (χ4v) is 4.85. The molecule has 2 aromatic rings. The quantitative estimate of drug-likeness (QED) is 0.559. The molecule has 2 heterocycles. The Morgan fingerprint density at radius 1 is 1.03 bits per heavy atom. The molecule has 0 aromatic heterocycles. The number of rotatable bonds is 8. The summed E-state index contributed by atoms with van der Waals surface area (Å²) in [4.78, 5) is 2.39. The average molecular weight is 472 g/mol. The predicted octanol–water partition coefficient (Wildman–Crippen LogP) is 5.35. The molecule has 0 bridgehead atoms. The van der Waals surface area contributed by atoms with Gasteiger partial charge in [-0.2, -0.15) is 5.26 Å². The van der Waals surface area contributed by atoms with Crippen molar-refractivity contribution in [3.63, 3.8) is 0 Å². The van der Waals surface area contributed by atoms with Crippen molar-refractivity contribution in [3.05, 3.63) is 88.0 Å². The molecule has 182 valence electrons. The molecular weight excluding hydrogens is 438 g/mol. The van der Waals surface area contributed by atoms with Crippen LogP contribution in [0.3, 0.4) is 0 Å². The van der Waals surface area contributed by atoms with Gasteiger partial charge in [0.15, 0.2) is 0 Å². The highest BCUT2D eigenvalue weighted by Crippen LogP contribution is 2.46. The van der Waals surface area contributed by atoms with E-state index < -0.39 is 0 Å². The lowest BCUT2D eigenvalue weighted by Gasteiger charge is -2.38. The van der Waals surface area contributed by atoms with Gasteiger partial charge in [-0.15, -0.1) is 0 Å². The number of nitrogens with zero attached hydrogens (tertiary/aromatic N) is 2. The summed E-state index contributed by atoms with van der Waals surface area (Å²) < 4.78 is 18.0. The maximum atomic E-state index is 10.1. The summed E-state index contributed by atoms with van der Waals surface area (Å²) in [6, 6.07) is 18.2. The van der Waals surface area contributed by atoms with Crippen molar-refractivity contribution in [2.75, 3.05) is 32.8 Å². The Kier molecular flexibility index (Phi) is 7.79. The number of para-hydroxylation sites is 2. The van der Waals surface area contributed by atoms with Gasteiger partial charge in [0.25, 0.3) is 0 Å². The van der Waals surface area contributed by atoms with Crippen molar-refractivity contribution < 1.29 is 14.2 Å². The highest BCUT2D eigenvalue weighted by molar-refractivity contribution is 5.66. The Morgan fingerprint density at radius 2 is 1.71 bits per heavy atom. The minimum absolute atomic E-state index is 0.149. The van der Waals surface area contributed by atoms with Gasteiger partial charge in [-0.1, -0.05) is 43.3 Å². The second kappa shape index (κ2) is 11.2. The van der Waals surface area contributed by atoms with E-state index >= 15 is 0 Å². The van der Waals surface area contributed by atoms with Crippen molar-refractivity contribution in [2.24, 2.45) is 5.73 Å². The summed E-state index contributed by atoms with van der Waals surface area (Å²) in [5.41, 5.74) is 10.8. The highest BCUT2D eigenvalue weighted by atomic mass is 16.5. The first-order valence-electron chi connectivity index (χ1n) is 12.3. The molecule has 0 fully saturated rings. The first-order chi connectivity index (χ1) is 17.1. The Morgan fingerprint density at radius 3 is 2.43 bits per heavy atom. The molecule has 2 aliphatic heterocycles. The fraction of sp³-hybridized carbons (Fsp3) is 0.345. The minimum atomic E-state index is -0.336. The van der Waals surface area contributed by atoms with Gasteiger partial charge in [-0.05, 0) is 50.6 Å². The molecule has 2 N–H and O–H groups in total. The highest BCUT2D eigenvalue weighted by Gasteiger charge is 2.38. The van der Waals surface area contributed by atoms with Crippen LogP contribution < -0.4 is 15.2 Å². The third kappa shape index (κ3) is 5.06. The molecule has 6 heteroatoms. The minimum Gasteiger partial charge on any atom is -0.494 e. The standard InChI is InChI=1S/C29H33N3O3/c1-4-15-32-18-21(16-20-11-7-9-13-25(20)33-5-2)28-24(19-32)27(23(17-30)29(31)35-28)22-12-8-10-14-26(22)34-6-3/h7-14,16,27H,4-6,15,18-19,31H2,1-3H3/b21-16+. The number of ether oxygens (including phenoxy) is 3. The molecule has 0 spiro atoms. The van der Waals surface area contributed by atoms with Gasteiger partial charge in [0, 0.05) is 29.8 Å². The van der Waals surface area contributed by atoms with Crippen LogP contribution in [-0.2, 0) is 4.74 Å². The van der Waals surface area contributed by atoms with Gasteiger partial charge in [0.2, 0.25) is 5.88 Å². The zero-order chi connectivity index (χ0) is 24.8. The van der Waals surface area contributed by atoms with Crippen molar-refractivity contribution in [3.8, 4) is 17.6 Å². The molecule has 35 heavy (non-hydrogen) atoms. The van der Waals surface area contributed by atoms with Gasteiger partial charge < -0.3 is 19.9 Å². The smallest absolute Gasteiger partial charge is 0.205 e. The summed E-state index contributed by atoms with van der Waals surface area (Å²) in [7, 11) is 0. The molecular formula is C29H33N3O3. The summed E-state index contributed by atoms with van der Waals surface area (Å²) in [5.74, 6) is 2.14. The van der Waals surface area contributed by atoms with Crippen molar-refractivity contribution >= 4 is 6.08 Å². The van der Waals surface area contributed by atoms with Crippen LogP contribution in [0.5, 0.6) is 11.5 Å². The SMILES string of the molecule is CCCN1CC2=C(OC(N)=C(C#N)C2c2ccccc2OCC)/C(=C/c2ccccc2OCC)C1. The van der Waals surface area contributed by atoms with E-state index in [1.807, 2.05) is 62.4 Å². The third-order valence-electron chi connectivity index (χ3n) is 6.22. The lowest BCUT2D eigenvalue weighted by molar-refractivity contribution is 0.233. The van der Waals surface area contributed by atoms with E-state index in [9.17, 15) is 5.26 Å². The average Bonchev–Trinajstić information content (AvgIpc) is 2.86. The monoisotopic (exact) mass is 471 g/mol. The normalized spacial score (nSPS) is 19.3. The summed E-state index contributed by atoms with van der Waals surface area (Å²) in [6.45, 7) is 9.59. The number of nitriles is 1. The van der Waals surface area contributed by atoms with Crippen LogP contribution in [-0.4, -0.2) is 37.7 Å². The zero-order valence-electron chi connectivity index (χ0n) is 20.7. The van der Waals surface area contributed by atoms with Crippen LogP contribution >= 0.6 is 0 Å². The second-order valence-corrected chi connectivity index (χ2v) is 8.60. The largest absolute Gasteiger partial charge is 0.494 e. The van der Waals surface area contributed by atoms with Crippen LogP contribution in [0, 0.1) is 11.3 Å².